The van der Waals surface area contributed by atoms with E-state index in [0.29, 0.717) is 22.2 Å². The molecule has 0 aliphatic heterocycles. The Labute approximate surface area is 173 Å². The van der Waals surface area contributed by atoms with Gasteiger partial charge in [-0.25, -0.2) is 0 Å². The largest absolute Gasteiger partial charge is 0.497 e. The number of para-hydroxylation sites is 1. The molecule has 0 spiro atoms. The third-order valence-electron chi connectivity index (χ3n) is 3.91. The van der Waals surface area contributed by atoms with Crippen molar-refractivity contribution >= 4 is 35.0 Å². The minimum Gasteiger partial charge on any atom is -0.497 e. The van der Waals surface area contributed by atoms with Crippen molar-refractivity contribution in [3.8, 4) is 17.2 Å². The molecule has 3 rings (SSSR count). The SMILES string of the molecule is COc1ccc(S[C@H](C)C(=O)Nc2cc(Cl)ccc2Oc2ccccc2)cc1. The zero-order valence-corrected chi connectivity index (χ0v) is 17.1. The van der Waals surface area contributed by atoms with Crippen LogP contribution in [0.25, 0.3) is 0 Å². The maximum Gasteiger partial charge on any atom is 0.237 e. The Kier molecular flexibility index (Phi) is 6.85. The van der Waals surface area contributed by atoms with Gasteiger partial charge in [0.2, 0.25) is 5.91 Å². The van der Waals surface area contributed by atoms with Crippen molar-refractivity contribution in [2.24, 2.45) is 0 Å². The van der Waals surface area contributed by atoms with Crippen LogP contribution in [0.15, 0.2) is 77.7 Å². The van der Waals surface area contributed by atoms with E-state index < -0.39 is 0 Å². The quantitative estimate of drug-likeness (QED) is 0.464. The van der Waals surface area contributed by atoms with Crippen molar-refractivity contribution in [2.75, 3.05) is 12.4 Å². The summed E-state index contributed by atoms with van der Waals surface area (Å²) in [5, 5.41) is 3.13. The summed E-state index contributed by atoms with van der Waals surface area (Å²) >= 11 is 7.58. The lowest BCUT2D eigenvalue weighted by Gasteiger charge is -2.16. The van der Waals surface area contributed by atoms with E-state index in [4.69, 9.17) is 21.1 Å². The summed E-state index contributed by atoms with van der Waals surface area (Å²) in [4.78, 5) is 13.7. The molecule has 0 unspecified atom stereocenters. The van der Waals surface area contributed by atoms with Crippen molar-refractivity contribution in [1.29, 1.82) is 0 Å². The van der Waals surface area contributed by atoms with Gasteiger partial charge in [0.15, 0.2) is 5.75 Å². The average Bonchev–Trinajstić information content (AvgIpc) is 2.71. The van der Waals surface area contributed by atoms with Crippen LogP contribution in [0.2, 0.25) is 5.02 Å². The van der Waals surface area contributed by atoms with Gasteiger partial charge in [-0.1, -0.05) is 29.8 Å². The van der Waals surface area contributed by atoms with Gasteiger partial charge >= 0.3 is 0 Å². The van der Waals surface area contributed by atoms with Crippen LogP contribution in [0.5, 0.6) is 17.2 Å². The number of benzene rings is 3. The number of halogens is 1. The van der Waals surface area contributed by atoms with E-state index >= 15 is 0 Å². The number of nitrogens with one attached hydrogen (secondary N) is 1. The Bertz CT molecular complexity index is 932. The van der Waals surface area contributed by atoms with Gasteiger partial charge in [0, 0.05) is 9.92 Å². The summed E-state index contributed by atoms with van der Waals surface area (Å²) in [6, 6.07) is 22.1. The molecule has 0 radical (unpaired) electrons. The number of carbonyl (C=O) groups is 1. The summed E-state index contributed by atoms with van der Waals surface area (Å²) < 4.78 is 11.1. The van der Waals surface area contributed by atoms with Gasteiger partial charge in [-0.05, 0) is 61.5 Å². The van der Waals surface area contributed by atoms with Crippen LogP contribution in [-0.2, 0) is 4.79 Å². The molecule has 1 atom stereocenters. The number of rotatable bonds is 7. The smallest absolute Gasteiger partial charge is 0.237 e. The molecule has 0 fully saturated rings. The topological polar surface area (TPSA) is 47.6 Å². The summed E-state index contributed by atoms with van der Waals surface area (Å²) in [6.45, 7) is 1.85. The summed E-state index contributed by atoms with van der Waals surface area (Å²) in [7, 11) is 1.62. The van der Waals surface area contributed by atoms with Crippen molar-refractivity contribution in [3.05, 3.63) is 77.8 Å². The fourth-order valence-corrected chi connectivity index (χ4v) is 3.49. The van der Waals surface area contributed by atoms with Crippen LogP contribution >= 0.6 is 23.4 Å². The predicted molar refractivity (Wildman–Crippen MR) is 115 cm³/mol. The van der Waals surface area contributed by atoms with E-state index in [2.05, 4.69) is 5.32 Å². The molecule has 0 aliphatic rings. The fourth-order valence-electron chi connectivity index (χ4n) is 2.45. The van der Waals surface area contributed by atoms with Crippen LogP contribution in [0.3, 0.4) is 0 Å². The van der Waals surface area contributed by atoms with Crippen LogP contribution in [0, 0.1) is 0 Å². The molecule has 4 nitrogen and oxygen atoms in total. The van der Waals surface area contributed by atoms with E-state index in [9.17, 15) is 4.79 Å². The van der Waals surface area contributed by atoms with Crippen molar-refractivity contribution in [1.82, 2.24) is 0 Å². The molecule has 0 saturated heterocycles. The molecule has 3 aromatic rings. The van der Waals surface area contributed by atoms with E-state index in [1.807, 2.05) is 61.5 Å². The lowest BCUT2D eigenvalue weighted by molar-refractivity contribution is -0.115. The molecule has 0 bridgehead atoms. The Morgan fingerprint density at radius 2 is 1.71 bits per heavy atom. The third-order valence-corrected chi connectivity index (χ3v) is 5.26. The molecular weight excluding hydrogens is 394 g/mol. The van der Waals surface area contributed by atoms with Gasteiger partial charge in [-0.3, -0.25) is 4.79 Å². The zero-order valence-electron chi connectivity index (χ0n) is 15.5. The van der Waals surface area contributed by atoms with Gasteiger partial charge in [0.05, 0.1) is 18.0 Å². The minimum absolute atomic E-state index is 0.138. The first-order valence-corrected chi connectivity index (χ1v) is 9.95. The van der Waals surface area contributed by atoms with Gasteiger partial charge in [0.25, 0.3) is 0 Å². The standard InChI is InChI=1S/C22H20ClNO3S/c1-15(28-19-11-9-17(26-2)10-12-19)22(25)24-20-14-16(23)8-13-21(20)27-18-6-4-3-5-7-18/h3-15H,1-2H3,(H,24,25)/t15-/m1/s1. The molecule has 6 heteroatoms. The highest BCUT2D eigenvalue weighted by Crippen LogP contribution is 2.33. The first kappa shape index (κ1) is 20.1. The van der Waals surface area contributed by atoms with Crippen LogP contribution in [0.4, 0.5) is 5.69 Å². The van der Waals surface area contributed by atoms with E-state index in [1.54, 1.807) is 25.3 Å². The summed E-state index contributed by atoms with van der Waals surface area (Å²) in [5.41, 5.74) is 0.531. The molecule has 1 N–H and O–H groups in total. The number of carbonyl (C=O) groups excluding carboxylic acids is 1. The minimum atomic E-state index is -0.308. The zero-order chi connectivity index (χ0) is 19.9. The molecule has 3 aromatic carbocycles. The van der Waals surface area contributed by atoms with Gasteiger partial charge in [-0.2, -0.15) is 0 Å². The van der Waals surface area contributed by atoms with Crippen molar-refractivity contribution < 1.29 is 14.3 Å². The first-order valence-electron chi connectivity index (χ1n) is 8.69. The molecular formula is C22H20ClNO3S. The Hall–Kier alpha value is -2.63. The second-order valence-corrected chi connectivity index (χ2v) is 7.83. The second-order valence-electron chi connectivity index (χ2n) is 5.98. The molecule has 0 aromatic heterocycles. The number of anilines is 1. The highest BCUT2D eigenvalue weighted by Gasteiger charge is 2.17. The van der Waals surface area contributed by atoms with E-state index in [0.717, 1.165) is 10.6 Å². The Balaban J connectivity index is 1.70. The maximum absolute atomic E-state index is 12.7. The molecule has 144 valence electrons. The molecule has 0 aliphatic carbocycles. The van der Waals surface area contributed by atoms with Crippen LogP contribution < -0.4 is 14.8 Å². The molecule has 1 amide bonds. The predicted octanol–water partition coefficient (Wildman–Crippen LogP) is 6.26. The van der Waals surface area contributed by atoms with Crippen molar-refractivity contribution in [2.45, 2.75) is 17.1 Å². The number of hydrogen-bond acceptors (Lipinski definition) is 4. The van der Waals surface area contributed by atoms with Gasteiger partial charge in [0.1, 0.15) is 11.5 Å². The van der Waals surface area contributed by atoms with Gasteiger partial charge < -0.3 is 14.8 Å². The highest BCUT2D eigenvalue weighted by molar-refractivity contribution is 8.00. The monoisotopic (exact) mass is 413 g/mol. The van der Waals surface area contributed by atoms with Gasteiger partial charge in [-0.15, -0.1) is 11.8 Å². The van der Waals surface area contributed by atoms with E-state index in [1.165, 1.54) is 11.8 Å². The number of thioether (sulfide) groups is 1. The average molecular weight is 414 g/mol. The Morgan fingerprint density at radius 1 is 1.00 bits per heavy atom. The second kappa shape index (κ2) is 9.53. The lowest BCUT2D eigenvalue weighted by Crippen LogP contribution is -2.22. The first-order chi connectivity index (χ1) is 13.5. The molecule has 0 heterocycles. The third kappa shape index (κ3) is 5.44. The van der Waals surface area contributed by atoms with Crippen molar-refractivity contribution in [3.63, 3.8) is 0 Å². The normalized spacial score (nSPS) is 11.5. The van der Waals surface area contributed by atoms with Crippen LogP contribution in [-0.4, -0.2) is 18.3 Å². The highest BCUT2D eigenvalue weighted by atomic mass is 35.5. The number of ether oxygens (including phenoxy) is 2. The number of hydrogen-bond donors (Lipinski definition) is 1. The van der Waals surface area contributed by atoms with E-state index in [-0.39, 0.29) is 11.2 Å². The summed E-state index contributed by atoms with van der Waals surface area (Å²) in [5.74, 6) is 1.86. The molecule has 28 heavy (non-hydrogen) atoms. The lowest BCUT2D eigenvalue weighted by atomic mass is 10.2. The maximum atomic E-state index is 12.7. The number of amides is 1. The fraction of sp³-hybridized carbons (Fsp3) is 0.136. The Morgan fingerprint density at radius 3 is 2.39 bits per heavy atom. The van der Waals surface area contributed by atoms with Crippen LogP contribution in [0.1, 0.15) is 6.92 Å². The number of methoxy groups -OCH3 is 1. The summed E-state index contributed by atoms with van der Waals surface area (Å²) in [6.07, 6.45) is 0. The molecule has 0 saturated carbocycles.